The number of rotatable bonds is 5. The van der Waals surface area contributed by atoms with Gasteiger partial charge < -0.3 is 19.9 Å². The van der Waals surface area contributed by atoms with Gasteiger partial charge in [0.05, 0.1) is 0 Å². The largest absolute Gasteiger partial charge is 0.461 e. The number of nitrogens with two attached hydrogens (primary N) is 1. The lowest BCUT2D eigenvalue weighted by Gasteiger charge is -2.48. The zero-order valence-corrected chi connectivity index (χ0v) is 13.4. The summed E-state index contributed by atoms with van der Waals surface area (Å²) < 4.78 is 14.3. The van der Waals surface area contributed by atoms with Crippen LogP contribution < -0.4 is 5.73 Å². The van der Waals surface area contributed by atoms with E-state index in [9.17, 15) is 19.2 Å². The van der Waals surface area contributed by atoms with Crippen LogP contribution in [-0.4, -0.2) is 59.3 Å². The average Bonchev–Trinajstić information content (AvgIpc) is 2.50. The normalized spacial score (nSPS) is 22.9. The molecule has 9 nitrogen and oxygen atoms in total. The number of nitrogens with zero attached hydrogens (tertiary/aromatic N) is 1. The lowest BCUT2D eigenvalue weighted by atomic mass is 10.0. The number of amides is 1. The molecule has 126 valence electrons. The Bertz CT molecular complexity index is 589. The second-order valence-electron chi connectivity index (χ2n) is 4.85. The van der Waals surface area contributed by atoms with Crippen LogP contribution in [0.2, 0.25) is 0 Å². The predicted octanol–water partition coefficient (Wildman–Crippen LogP) is -0.890. The average molecular weight is 344 g/mol. The molecule has 0 unspecified atom stereocenters. The number of esters is 3. The first-order valence-corrected chi connectivity index (χ1v) is 7.74. The molecule has 2 atom stereocenters. The van der Waals surface area contributed by atoms with Crippen molar-refractivity contribution < 1.29 is 33.4 Å². The monoisotopic (exact) mass is 344 g/mol. The minimum atomic E-state index is -0.834. The molecular weight excluding hydrogens is 328 g/mol. The van der Waals surface area contributed by atoms with Gasteiger partial charge in [0.2, 0.25) is 12.7 Å². The van der Waals surface area contributed by atoms with Crippen molar-refractivity contribution in [3.8, 4) is 0 Å². The van der Waals surface area contributed by atoms with E-state index < -0.39 is 36.6 Å². The molecule has 10 heteroatoms. The maximum absolute atomic E-state index is 12.2. The molecule has 0 saturated carbocycles. The summed E-state index contributed by atoms with van der Waals surface area (Å²) in [7, 11) is 0. The number of thioether (sulfide) groups is 1. The lowest BCUT2D eigenvalue weighted by molar-refractivity contribution is -0.166. The highest BCUT2D eigenvalue weighted by atomic mass is 32.2. The molecule has 2 N–H and O–H groups in total. The van der Waals surface area contributed by atoms with Gasteiger partial charge in [0.25, 0.3) is 0 Å². The maximum atomic E-state index is 12.2. The molecule has 0 aromatic heterocycles. The van der Waals surface area contributed by atoms with Crippen molar-refractivity contribution in [2.75, 3.05) is 19.2 Å². The highest BCUT2D eigenvalue weighted by molar-refractivity contribution is 8.00. The first-order chi connectivity index (χ1) is 10.8. The van der Waals surface area contributed by atoms with Crippen molar-refractivity contribution in [2.45, 2.75) is 25.3 Å². The Morgan fingerprint density at radius 2 is 1.87 bits per heavy atom. The van der Waals surface area contributed by atoms with Crippen LogP contribution in [0.5, 0.6) is 0 Å². The Kier molecular flexibility index (Phi) is 5.26. The highest BCUT2D eigenvalue weighted by Gasteiger charge is 2.52. The van der Waals surface area contributed by atoms with Crippen molar-refractivity contribution in [3.63, 3.8) is 0 Å². The summed E-state index contributed by atoms with van der Waals surface area (Å²) in [5, 5.41) is -0.361. The second-order valence-corrected chi connectivity index (χ2v) is 5.96. The third kappa shape index (κ3) is 3.64. The highest BCUT2D eigenvalue weighted by Crippen LogP contribution is 2.39. The minimum absolute atomic E-state index is 0.00569. The first-order valence-electron chi connectivity index (χ1n) is 6.69. The zero-order valence-electron chi connectivity index (χ0n) is 12.6. The van der Waals surface area contributed by atoms with E-state index in [0.29, 0.717) is 11.3 Å². The fraction of sp³-hybridized carbons (Fsp3) is 0.538. The van der Waals surface area contributed by atoms with E-state index in [1.807, 2.05) is 0 Å². The van der Waals surface area contributed by atoms with E-state index in [4.69, 9.17) is 15.2 Å². The summed E-state index contributed by atoms with van der Waals surface area (Å²) >= 11 is 1.37. The Balaban J connectivity index is 2.17. The fourth-order valence-corrected chi connectivity index (χ4v) is 3.38. The Morgan fingerprint density at radius 3 is 2.48 bits per heavy atom. The third-order valence-electron chi connectivity index (χ3n) is 3.18. The van der Waals surface area contributed by atoms with E-state index >= 15 is 0 Å². The molecule has 0 spiro atoms. The van der Waals surface area contributed by atoms with Gasteiger partial charge in [0.15, 0.2) is 0 Å². The molecule has 0 bridgehead atoms. The van der Waals surface area contributed by atoms with E-state index in [2.05, 4.69) is 4.74 Å². The summed E-state index contributed by atoms with van der Waals surface area (Å²) in [5.74, 6) is -2.00. The quantitative estimate of drug-likeness (QED) is 0.384. The topological polar surface area (TPSA) is 125 Å². The second kappa shape index (κ2) is 7.01. The van der Waals surface area contributed by atoms with Gasteiger partial charge in [-0.2, -0.15) is 0 Å². The van der Waals surface area contributed by atoms with Crippen molar-refractivity contribution >= 4 is 35.6 Å². The van der Waals surface area contributed by atoms with Gasteiger partial charge in [-0.1, -0.05) is 0 Å². The SMILES string of the molecule is CC(=O)OCOC(=O)C1=C(COC(C)=O)CS[C@@H]2[C@H](N)C(=O)N12. The van der Waals surface area contributed by atoms with Crippen LogP contribution in [0.1, 0.15) is 13.8 Å². The van der Waals surface area contributed by atoms with Crippen LogP contribution in [-0.2, 0) is 33.4 Å². The number of hydrogen-bond donors (Lipinski definition) is 1. The van der Waals surface area contributed by atoms with E-state index in [-0.39, 0.29) is 17.7 Å². The first kappa shape index (κ1) is 17.3. The fourth-order valence-electron chi connectivity index (χ4n) is 2.10. The van der Waals surface area contributed by atoms with Gasteiger partial charge in [-0.3, -0.25) is 19.3 Å². The number of carbonyl (C=O) groups is 4. The van der Waals surface area contributed by atoms with Gasteiger partial charge in [-0.25, -0.2) is 4.79 Å². The number of fused-ring (bicyclic) bond motifs is 1. The maximum Gasteiger partial charge on any atom is 0.358 e. The summed E-state index contributed by atoms with van der Waals surface area (Å²) in [6, 6.07) is -0.688. The van der Waals surface area contributed by atoms with Gasteiger partial charge >= 0.3 is 17.9 Å². The third-order valence-corrected chi connectivity index (χ3v) is 4.54. The van der Waals surface area contributed by atoms with Crippen LogP contribution in [0.4, 0.5) is 0 Å². The summed E-state index contributed by atoms with van der Waals surface area (Å²) in [5.41, 5.74) is 6.14. The standard InChI is InChI=1S/C13H16N2O7S/c1-6(16)20-3-8-4-23-12-9(14)11(18)15(12)10(8)13(19)22-5-21-7(2)17/h9,12H,3-5,14H2,1-2H3/t9-,12-/m1/s1. The molecule has 2 aliphatic rings. The molecular formula is C13H16N2O7S. The van der Waals surface area contributed by atoms with Crippen molar-refractivity contribution in [2.24, 2.45) is 5.73 Å². The van der Waals surface area contributed by atoms with Crippen molar-refractivity contribution in [1.29, 1.82) is 0 Å². The molecule has 0 aliphatic carbocycles. The van der Waals surface area contributed by atoms with Crippen LogP contribution in [0.15, 0.2) is 11.3 Å². The molecule has 1 fully saturated rings. The lowest BCUT2D eigenvalue weighted by Crippen LogP contribution is -2.68. The molecule has 0 aromatic carbocycles. The Morgan fingerprint density at radius 1 is 1.22 bits per heavy atom. The molecule has 0 aromatic rings. The van der Waals surface area contributed by atoms with Crippen molar-refractivity contribution in [3.05, 3.63) is 11.3 Å². The molecule has 23 heavy (non-hydrogen) atoms. The molecule has 1 amide bonds. The van der Waals surface area contributed by atoms with E-state index in [0.717, 1.165) is 0 Å². The van der Waals surface area contributed by atoms with Crippen LogP contribution >= 0.6 is 11.8 Å². The van der Waals surface area contributed by atoms with Crippen LogP contribution in [0, 0.1) is 0 Å². The smallest absolute Gasteiger partial charge is 0.358 e. The molecule has 2 aliphatic heterocycles. The van der Waals surface area contributed by atoms with E-state index in [1.165, 1.54) is 30.5 Å². The number of carbonyl (C=O) groups excluding carboxylic acids is 4. The molecule has 2 heterocycles. The predicted molar refractivity (Wildman–Crippen MR) is 77.5 cm³/mol. The van der Waals surface area contributed by atoms with Gasteiger partial charge in [-0.15, -0.1) is 11.8 Å². The molecule has 0 radical (unpaired) electrons. The van der Waals surface area contributed by atoms with Gasteiger partial charge in [0, 0.05) is 25.2 Å². The Labute approximate surface area is 136 Å². The van der Waals surface area contributed by atoms with Crippen molar-refractivity contribution in [1.82, 2.24) is 4.90 Å². The number of β-lactam (4-membered cyclic amide) rings is 1. The summed E-state index contributed by atoms with van der Waals surface area (Å²) in [6.45, 7) is 1.71. The molecule has 1 saturated heterocycles. The zero-order chi connectivity index (χ0) is 17.1. The Hall–Kier alpha value is -2.07. The molecule has 2 rings (SSSR count). The summed E-state index contributed by atoms with van der Waals surface area (Å²) in [6.07, 6.45) is 0. The minimum Gasteiger partial charge on any atom is -0.461 e. The number of ether oxygens (including phenoxy) is 3. The summed E-state index contributed by atoms with van der Waals surface area (Å²) in [4.78, 5) is 47.0. The van der Waals surface area contributed by atoms with Crippen LogP contribution in [0.25, 0.3) is 0 Å². The van der Waals surface area contributed by atoms with Gasteiger partial charge in [-0.05, 0) is 0 Å². The van der Waals surface area contributed by atoms with Crippen LogP contribution in [0.3, 0.4) is 0 Å². The number of hydrogen-bond acceptors (Lipinski definition) is 9. The van der Waals surface area contributed by atoms with E-state index in [1.54, 1.807) is 0 Å². The van der Waals surface area contributed by atoms with Gasteiger partial charge in [0.1, 0.15) is 23.7 Å².